The molecule has 1 aromatic rings. The van der Waals surface area contributed by atoms with Crippen LogP contribution in [-0.4, -0.2) is 11.5 Å². The molecule has 1 heterocycles. The van der Waals surface area contributed by atoms with Crippen molar-refractivity contribution >= 4 is 18.1 Å². The van der Waals surface area contributed by atoms with Gasteiger partial charge in [0, 0.05) is 24.1 Å². The molecular formula is C10H13ClN2O3. The number of nitro groups is 1. The minimum Gasteiger partial charge on any atom is -0.487 e. The topological polar surface area (TPSA) is 78.4 Å². The summed E-state index contributed by atoms with van der Waals surface area (Å²) in [5.74, 6) is 0.337. The SMILES string of the molecule is Cc1cc2c(c([N+](=O)[O-])c1)OCC[C@H]2N.Cl. The Kier molecular flexibility index (Phi) is 3.72. The van der Waals surface area contributed by atoms with Crippen molar-refractivity contribution in [3.63, 3.8) is 0 Å². The normalized spacial score (nSPS) is 18.0. The number of fused-ring (bicyclic) bond motifs is 1. The highest BCUT2D eigenvalue weighted by Gasteiger charge is 2.26. The summed E-state index contributed by atoms with van der Waals surface area (Å²) < 4.78 is 5.32. The Bertz CT molecular complexity index is 423. The summed E-state index contributed by atoms with van der Waals surface area (Å²) in [5.41, 5.74) is 7.47. The van der Waals surface area contributed by atoms with Crippen molar-refractivity contribution < 1.29 is 9.66 Å². The van der Waals surface area contributed by atoms with Crippen LogP contribution in [0.4, 0.5) is 5.69 Å². The van der Waals surface area contributed by atoms with E-state index in [2.05, 4.69) is 0 Å². The van der Waals surface area contributed by atoms with Gasteiger partial charge in [0.25, 0.3) is 0 Å². The molecule has 5 nitrogen and oxygen atoms in total. The maximum absolute atomic E-state index is 10.8. The van der Waals surface area contributed by atoms with Crippen molar-refractivity contribution in [3.8, 4) is 5.75 Å². The van der Waals surface area contributed by atoms with E-state index in [1.54, 1.807) is 0 Å². The van der Waals surface area contributed by atoms with Gasteiger partial charge in [0.15, 0.2) is 0 Å². The molecule has 0 fully saturated rings. The maximum atomic E-state index is 10.8. The number of hydrogen-bond donors (Lipinski definition) is 1. The van der Waals surface area contributed by atoms with E-state index in [1.165, 1.54) is 6.07 Å². The van der Waals surface area contributed by atoms with Gasteiger partial charge in [-0.1, -0.05) is 6.07 Å². The lowest BCUT2D eigenvalue weighted by Gasteiger charge is -2.22. The first-order chi connectivity index (χ1) is 7.09. The fourth-order valence-corrected chi connectivity index (χ4v) is 1.79. The first kappa shape index (κ1) is 12.7. The second kappa shape index (κ2) is 4.67. The Balaban J connectivity index is 0.00000128. The molecule has 0 spiro atoms. The fourth-order valence-electron chi connectivity index (χ4n) is 1.79. The van der Waals surface area contributed by atoms with Gasteiger partial charge >= 0.3 is 5.69 Å². The monoisotopic (exact) mass is 244 g/mol. The van der Waals surface area contributed by atoms with E-state index in [-0.39, 0.29) is 24.1 Å². The number of rotatable bonds is 1. The summed E-state index contributed by atoms with van der Waals surface area (Å²) in [5, 5.41) is 10.8. The number of hydrogen-bond acceptors (Lipinski definition) is 4. The third-order valence-electron chi connectivity index (χ3n) is 2.51. The summed E-state index contributed by atoms with van der Waals surface area (Å²) >= 11 is 0. The zero-order valence-electron chi connectivity index (χ0n) is 8.80. The van der Waals surface area contributed by atoms with Gasteiger partial charge < -0.3 is 10.5 Å². The Labute approximate surface area is 99.1 Å². The molecule has 2 rings (SSSR count). The molecule has 0 saturated heterocycles. The van der Waals surface area contributed by atoms with Crippen molar-refractivity contribution in [2.45, 2.75) is 19.4 Å². The highest BCUT2D eigenvalue weighted by Crippen LogP contribution is 2.39. The molecule has 1 aliphatic heterocycles. The summed E-state index contributed by atoms with van der Waals surface area (Å²) in [6.07, 6.45) is 0.702. The third-order valence-corrected chi connectivity index (χ3v) is 2.51. The number of nitrogens with two attached hydrogens (primary N) is 1. The Morgan fingerprint density at radius 1 is 1.56 bits per heavy atom. The number of nitro benzene ring substituents is 1. The molecule has 0 amide bonds. The second-order valence-electron chi connectivity index (χ2n) is 3.70. The summed E-state index contributed by atoms with van der Waals surface area (Å²) in [6, 6.07) is 3.20. The number of nitrogens with zero attached hydrogens (tertiary/aromatic N) is 1. The van der Waals surface area contributed by atoms with Crippen LogP contribution >= 0.6 is 12.4 Å². The van der Waals surface area contributed by atoms with E-state index < -0.39 is 4.92 Å². The van der Waals surface area contributed by atoms with Gasteiger partial charge in [-0.25, -0.2) is 0 Å². The van der Waals surface area contributed by atoms with Crippen LogP contribution in [0.1, 0.15) is 23.6 Å². The van der Waals surface area contributed by atoms with Gasteiger partial charge in [0.2, 0.25) is 5.75 Å². The predicted octanol–water partition coefficient (Wildman–Crippen LogP) is 2.11. The Morgan fingerprint density at radius 3 is 2.88 bits per heavy atom. The lowest BCUT2D eigenvalue weighted by atomic mass is 9.98. The maximum Gasteiger partial charge on any atom is 0.311 e. The van der Waals surface area contributed by atoms with Crippen molar-refractivity contribution in [1.82, 2.24) is 0 Å². The van der Waals surface area contributed by atoms with E-state index in [9.17, 15) is 10.1 Å². The van der Waals surface area contributed by atoms with Gasteiger partial charge in [0.1, 0.15) is 0 Å². The van der Waals surface area contributed by atoms with E-state index in [1.807, 2.05) is 13.0 Å². The van der Waals surface area contributed by atoms with E-state index in [4.69, 9.17) is 10.5 Å². The van der Waals surface area contributed by atoms with Crippen LogP contribution in [0, 0.1) is 17.0 Å². The van der Waals surface area contributed by atoms with Crippen LogP contribution in [0.3, 0.4) is 0 Å². The zero-order chi connectivity index (χ0) is 11.0. The number of benzene rings is 1. The first-order valence-corrected chi connectivity index (χ1v) is 4.77. The summed E-state index contributed by atoms with van der Waals surface area (Å²) in [4.78, 5) is 10.4. The van der Waals surface area contributed by atoms with Gasteiger partial charge in [0.05, 0.1) is 11.5 Å². The number of ether oxygens (including phenoxy) is 1. The van der Waals surface area contributed by atoms with Crippen LogP contribution < -0.4 is 10.5 Å². The molecule has 0 saturated carbocycles. The second-order valence-corrected chi connectivity index (χ2v) is 3.70. The molecule has 16 heavy (non-hydrogen) atoms. The quantitative estimate of drug-likeness (QED) is 0.606. The molecule has 0 aliphatic carbocycles. The molecule has 6 heteroatoms. The summed E-state index contributed by atoms with van der Waals surface area (Å²) in [7, 11) is 0. The fraction of sp³-hybridized carbons (Fsp3) is 0.400. The van der Waals surface area contributed by atoms with Crippen LogP contribution in [-0.2, 0) is 0 Å². The Hall–Kier alpha value is -1.33. The standard InChI is InChI=1S/C10H12N2O3.ClH/c1-6-4-7-8(11)2-3-15-10(7)9(5-6)12(13)14;/h4-5,8H,2-3,11H2,1H3;1H/t8-;/m1./s1. The highest BCUT2D eigenvalue weighted by molar-refractivity contribution is 5.85. The van der Waals surface area contributed by atoms with E-state index in [0.717, 1.165) is 11.1 Å². The minimum absolute atomic E-state index is 0. The molecule has 0 radical (unpaired) electrons. The van der Waals surface area contributed by atoms with Crippen molar-refractivity contribution in [1.29, 1.82) is 0 Å². The molecule has 2 N–H and O–H groups in total. The van der Waals surface area contributed by atoms with E-state index >= 15 is 0 Å². The van der Waals surface area contributed by atoms with Crippen LogP contribution in [0.5, 0.6) is 5.75 Å². The lowest BCUT2D eigenvalue weighted by Crippen LogP contribution is -2.21. The van der Waals surface area contributed by atoms with Crippen molar-refractivity contribution in [3.05, 3.63) is 33.4 Å². The molecule has 1 aliphatic rings. The Morgan fingerprint density at radius 2 is 2.25 bits per heavy atom. The first-order valence-electron chi connectivity index (χ1n) is 4.77. The molecule has 0 unspecified atom stereocenters. The molecule has 1 atom stereocenters. The molecule has 0 aromatic heterocycles. The minimum atomic E-state index is -0.427. The largest absolute Gasteiger partial charge is 0.487 e. The number of aryl methyl sites for hydroxylation is 1. The van der Waals surface area contributed by atoms with Crippen LogP contribution in [0.25, 0.3) is 0 Å². The lowest BCUT2D eigenvalue weighted by molar-refractivity contribution is -0.386. The molecule has 1 aromatic carbocycles. The third kappa shape index (κ3) is 2.10. The molecular weight excluding hydrogens is 232 g/mol. The smallest absolute Gasteiger partial charge is 0.311 e. The van der Waals surface area contributed by atoms with E-state index in [0.29, 0.717) is 18.8 Å². The summed E-state index contributed by atoms with van der Waals surface area (Å²) in [6.45, 7) is 2.26. The van der Waals surface area contributed by atoms with Gasteiger partial charge in [-0.3, -0.25) is 10.1 Å². The molecule has 0 bridgehead atoms. The van der Waals surface area contributed by atoms with Gasteiger partial charge in [-0.15, -0.1) is 12.4 Å². The van der Waals surface area contributed by atoms with Crippen molar-refractivity contribution in [2.24, 2.45) is 5.73 Å². The number of halogens is 1. The van der Waals surface area contributed by atoms with Gasteiger partial charge in [-0.05, 0) is 12.5 Å². The van der Waals surface area contributed by atoms with Crippen LogP contribution in [0.15, 0.2) is 12.1 Å². The predicted molar refractivity (Wildman–Crippen MR) is 62.1 cm³/mol. The van der Waals surface area contributed by atoms with Gasteiger partial charge in [-0.2, -0.15) is 0 Å². The highest BCUT2D eigenvalue weighted by atomic mass is 35.5. The zero-order valence-corrected chi connectivity index (χ0v) is 9.62. The molecule has 88 valence electrons. The average Bonchev–Trinajstić information content (AvgIpc) is 2.18. The van der Waals surface area contributed by atoms with Crippen LogP contribution in [0.2, 0.25) is 0 Å². The average molecular weight is 245 g/mol. The van der Waals surface area contributed by atoms with Crippen molar-refractivity contribution in [2.75, 3.05) is 6.61 Å².